The largest absolute Gasteiger partial charge is 0.463 e. The number of ether oxygens (including phenoxy) is 1. The quantitative estimate of drug-likeness (QED) is 0.505. The van der Waals surface area contributed by atoms with E-state index in [2.05, 4.69) is 15.5 Å². The topological polar surface area (TPSA) is 94.2 Å². The Morgan fingerprint density at radius 3 is 2.43 bits per heavy atom. The molecule has 11 heteroatoms. The summed E-state index contributed by atoms with van der Waals surface area (Å²) in [5.74, 6) is -0.491. The van der Waals surface area contributed by atoms with Gasteiger partial charge in [0.2, 0.25) is 0 Å². The van der Waals surface area contributed by atoms with Gasteiger partial charge in [-0.25, -0.2) is 14.4 Å². The van der Waals surface area contributed by atoms with E-state index in [1.807, 2.05) is 13.8 Å². The summed E-state index contributed by atoms with van der Waals surface area (Å²) in [6.07, 6.45) is 0.880. The number of carbonyl (C=O) groups is 3. The fourth-order valence-electron chi connectivity index (χ4n) is 4.26. The zero-order valence-electron chi connectivity index (χ0n) is 20.4. The summed E-state index contributed by atoms with van der Waals surface area (Å²) in [6.45, 7) is 9.59. The number of amides is 4. The minimum absolute atomic E-state index is 0.0650. The van der Waals surface area contributed by atoms with Gasteiger partial charge in [-0.05, 0) is 38.0 Å². The van der Waals surface area contributed by atoms with Crippen molar-refractivity contribution in [2.75, 3.05) is 52.4 Å². The highest BCUT2D eigenvalue weighted by molar-refractivity contribution is 6.42. The highest BCUT2D eigenvalue weighted by Crippen LogP contribution is 2.34. The van der Waals surface area contributed by atoms with Crippen LogP contribution in [0.5, 0.6) is 0 Å². The van der Waals surface area contributed by atoms with Crippen LogP contribution in [0.3, 0.4) is 0 Å². The number of urea groups is 2. The van der Waals surface area contributed by atoms with Gasteiger partial charge in [0.15, 0.2) is 0 Å². The van der Waals surface area contributed by atoms with Gasteiger partial charge in [0, 0.05) is 51.5 Å². The Morgan fingerprint density at radius 1 is 1.11 bits per heavy atom. The molecule has 1 atom stereocenters. The summed E-state index contributed by atoms with van der Waals surface area (Å²) in [5.41, 5.74) is 1.60. The molecule has 0 radical (unpaired) electrons. The molecule has 1 saturated heterocycles. The van der Waals surface area contributed by atoms with Crippen molar-refractivity contribution in [3.05, 3.63) is 45.1 Å². The first kappa shape index (κ1) is 27.1. The van der Waals surface area contributed by atoms with Crippen molar-refractivity contribution in [3.8, 4) is 0 Å². The zero-order valence-corrected chi connectivity index (χ0v) is 21.9. The molecule has 1 aromatic rings. The number of nitrogens with one attached hydrogen (secondary N) is 2. The lowest BCUT2D eigenvalue weighted by atomic mass is 9.94. The van der Waals surface area contributed by atoms with Crippen molar-refractivity contribution in [1.82, 2.24) is 25.3 Å². The fourth-order valence-corrected chi connectivity index (χ4v) is 4.57. The van der Waals surface area contributed by atoms with Gasteiger partial charge in [0.1, 0.15) is 0 Å². The minimum atomic E-state index is -0.727. The number of piperazine rings is 1. The van der Waals surface area contributed by atoms with Crippen LogP contribution in [-0.2, 0) is 9.53 Å². The second-order valence-corrected chi connectivity index (χ2v) is 9.19. The smallest absolute Gasteiger partial charge is 0.338 e. The van der Waals surface area contributed by atoms with Gasteiger partial charge in [-0.15, -0.1) is 0 Å². The third kappa shape index (κ3) is 6.39. The van der Waals surface area contributed by atoms with Crippen LogP contribution in [0.2, 0.25) is 10.0 Å². The number of carbonyl (C=O) groups excluding carboxylic acids is 3. The minimum Gasteiger partial charge on any atom is -0.463 e. The molecule has 192 valence electrons. The SMILES string of the molecule is CCCNC(=O)N1CCN(CC2=C(C(=O)OCC)[C@H](c3ccc(Cl)c(Cl)c3)NC(=O)N2CC)CC1. The first-order valence-electron chi connectivity index (χ1n) is 12.0. The molecule has 4 amide bonds. The van der Waals surface area contributed by atoms with E-state index < -0.39 is 12.0 Å². The van der Waals surface area contributed by atoms with Crippen molar-refractivity contribution >= 4 is 41.2 Å². The lowest BCUT2D eigenvalue weighted by Crippen LogP contribution is -2.55. The van der Waals surface area contributed by atoms with E-state index >= 15 is 0 Å². The van der Waals surface area contributed by atoms with E-state index in [9.17, 15) is 14.4 Å². The van der Waals surface area contributed by atoms with Gasteiger partial charge >= 0.3 is 18.0 Å². The average Bonchev–Trinajstić information content (AvgIpc) is 2.84. The number of hydrogen-bond acceptors (Lipinski definition) is 5. The van der Waals surface area contributed by atoms with Crippen LogP contribution in [0.1, 0.15) is 38.8 Å². The van der Waals surface area contributed by atoms with E-state index in [1.54, 1.807) is 34.9 Å². The Kier molecular flexibility index (Phi) is 9.65. The average molecular weight is 526 g/mol. The molecule has 0 bridgehead atoms. The van der Waals surface area contributed by atoms with Crippen LogP contribution >= 0.6 is 23.2 Å². The molecule has 2 aliphatic rings. The van der Waals surface area contributed by atoms with Crippen LogP contribution in [0.4, 0.5) is 9.59 Å². The molecule has 0 aromatic heterocycles. The standard InChI is InChI=1S/C24H33Cl2N5O4/c1-4-9-27-23(33)30-12-10-29(11-13-30)15-19-20(22(32)35-6-3)21(28-24(34)31(19)5-2)16-7-8-17(25)18(26)14-16/h7-8,14,21H,4-6,9-13,15H2,1-3H3,(H,27,33)(H,28,34)/t21-/m0/s1. The number of halogens is 2. The number of benzene rings is 1. The molecule has 1 aromatic carbocycles. The summed E-state index contributed by atoms with van der Waals surface area (Å²) in [4.78, 5) is 44.1. The van der Waals surface area contributed by atoms with Crippen LogP contribution in [0.25, 0.3) is 0 Å². The van der Waals surface area contributed by atoms with E-state index in [0.29, 0.717) is 72.7 Å². The van der Waals surface area contributed by atoms with Crippen molar-refractivity contribution in [1.29, 1.82) is 0 Å². The lowest BCUT2D eigenvalue weighted by molar-refractivity contribution is -0.139. The molecular weight excluding hydrogens is 493 g/mol. The molecule has 3 rings (SSSR count). The number of likely N-dealkylation sites (N-methyl/N-ethyl adjacent to an activating group) is 1. The summed E-state index contributed by atoms with van der Waals surface area (Å²) >= 11 is 12.3. The summed E-state index contributed by atoms with van der Waals surface area (Å²) in [5, 5.41) is 6.55. The Labute approximate surface area is 216 Å². The van der Waals surface area contributed by atoms with Crippen LogP contribution < -0.4 is 10.6 Å². The van der Waals surface area contributed by atoms with Gasteiger partial charge in [-0.3, -0.25) is 9.80 Å². The maximum atomic E-state index is 13.2. The molecule has 0 saturated carbocycles. The number of hydrogen-bond donors (Lipinski definition) is 2. The summed E-state index contributed by atoms with van der Waals surface area (Å²) < 4.78 is 5.41. The maximum Gasteiger partial charge on any atom is 0.338 e. The summed E-state index contributed by atoms with van der Waals surface area (Å²) in [7, 11) is 0. The predicted molar refractivity (Wildman–Crippen MR) is 135 cm³/mol. The number of esters is 1. The molecule has 1 fully saturated rings. The monoisotopic (exact) mass is 525 g/mol. The zero-order chi connectivity index (χ0) is 25.5. The van der Waals surface area contributed by atoms with Gasteiger partial charge in [-0.1, -0.05) is 36.2 Å². The molecular formula is C24H33Cl2N5O4. The van der Waals surface area contributed by atoms with Crippen molar-refractivity contribution in [2.24, 2.45) is 0 Å². The second-order valence-electron chi connectivity index (χ2n) is 8.38. The third-order valence-corrected chi connectivity index (χ3v) is 6.83. The lowest BCUT2D eigenvalue weighted by Gasteiger charge is -2.40. The van der Waals surface area contributed by atoms with Crippen molar-refractivity contribution < 1.29 is 19.1 Å². The maximum absolute atomic E-state index is 13.2. The first-order valence-corrected chi connectivity index (χ1v) is 12.7. The third-order valence-electron chi connectivity index (χ3n) is 6.09. The second kappa shape index (κ2) is 12.5. The first-order chi connectivity index (χ1) is 16.8. The van der Waals surface area contributed by atoms with Crippen LogP contribution in [0.15, 0.2) is 29.5 Å². The van der Waals surface area contributed by atoms with E-state index in [1.165, 1.54) is 0 Å². The van der Waals surface area contributed by atoms with Gasteiger partial charge in [-0.2, -0.15) is 0 Å². The summed E-state index contributed by atoms with van der Waals surface area (Å²) in [6, 6.07) is 3.94. The molecule has 2 N–H and O–H groups in total. The molecule has 2 heterocycles. The van der Waals surface area contributed by atoms with Crippen LogP contribution in [0, 0.1) is 0 Å². The normalized spacial score (nSPS) is 19.0. The van der Waals surface area contributed by atoms with E-state index in [4.69, 9.17) is 27.9 Å². The van der Waals surface area contributed by atoms with Gasteiger partial charge in [0.25, 0.3) is 0 Å². The van der Waals surface area contributed by atoms with Crippen molar-refractivity contribution in [2.45, 2.75) is 33.2 Å². The molecule has 0 spiro atoms. The highest BCUT2D eigenvalue weighted by Gasteiger charge is 2.38. The van der Waals surface area contributed by atoms with Gasteiger partial charge < -0.3 is 20.3 Å². The van der Waals surface area contributed by atoms with E-state index in [-0.39, 0.29) is 18.7 Å². The Morgan fingerprint density at radius 2 is 1.83 bits per heavy atom. The molecule has 9 nitrogen and oxygen atoms in total. The Bertz CT molecular complexity index is 979. The Hall–Kier alpha value is -2.49. The van der Waals surface area contributed by atoms with E-state index in [0.717, 1.165) is 6.42 Å². The molecule has 0 unspecified atom stereocenters. The van der Waals surface area contributed by atoms with Crippen molar-refractivity contribution in [3.63, 3.8) is 0 Å². The Balaban J connectivity index is 1.91. The fraction of sp³-hybridized carbons (Fsp3) is 0.542. The molecule has 35 heavy (non-hydrogen) atoms. The molecule has 0 aliphatic carbocycles. The van der Waals surface area contributed by atoms with Crippen LogP contribution in [-0.4, -0.2) is 85.2 Å². The highest BCUT2D eigenvalue weighted by atomic mass is 35.5. The van der Waals surface area contributed by atoms with Gasteiger partial charge in [0.05, 0.1) is 28.3 Å². The molecule has 2 aliphatic heterocycles. The number of nitrogens with zero attached hydrogens (tertiary/aromatic N) is 3. The predicted octanol–water partition coefficient (Wildman–Crippen LogP) is 3.63. The number of rotatable bonds is 8.